The molecule has 204 valence electrons. The van der Waals surface area contributed by atoms with Crippen molar-refractivity contribution in [3.63, 3.8) is 0 Å². The van der Waals surface area contributed by atoms with E-state index in [9.17, 15) is 19.1 Å². The number of carbonyl (C=O) groups excluding carboxylic acids is 1. The molecule has 1 atom stereocenters. The molecule has 0 aromatic heterocycles. The molecule has 8 nitrogen and oxygen atoms in total. The molecule has 0 aliphatic heterocycles. The van der Waals surface area contributed by atoms with Crippen LogP contribution >= 0.6 is 0 Å². The SMILES string of the molecule is COCC(CC(=O)O)c1cc(F)c(N(CC(C)C)CC(C)C)c(NC(=O)Nc2ccc(OC)cc2F)c1. The van der Waals surface area contributed by atoms with E-state index in [4.69, 9.17) is 9.47 Å². The second-order valence-electron chi connectivity index (χ2n) is 9.77. The zero-order valence-corrected chi connectivity index (χ0v) is 22.2. The lowest BCUT2D eigenvalue weighted by Crippen LogP contribution is -2.33. The van der Waals surface area contributed by atoms with Gasteiger partial charge in [0.1, 0.15) is 17.4 Å². The Morgan fingerprint density at radius 1 is 0.946 bits per heavy atom. The number of carbonyl (C=O) groups is 2. The highest BCUT2D eigenvalue weighted by molar-refractivity contribution is 6.02. The summed E-state index contributed by atoms with van der Waals surface area (Å²) < 4.78 is 40.3. The Bertz CT molecular complexity index is 1070. The van der Waals surface area contributed by atoms with Crippen LogP contribution in [0.2, 0.25) is 0 Å². The van der Waals surface area contributed by atoms with Crippen LogP contribution in [0.4, 0.5) is 30.6 Å². The molecule has 0 bridgehead atoms. The summed E-state index contributed by atoms with van der Waals surface area (Å²) in [7, 11) is 2.83. The van der Waals surface area contributed by atoms with E-state index < -0.39 is 29.6 Å². The lowest BCUT2D eigenvalue weighted by Gasteiger charge is -2.31. The smallest absolute Gasteiger partial charge is 0.323 e. The Balaban J connectivity index is 2.54. The summed E-state index contributed by atoms with van der Waals surface area (Å²) in [6.07, 6.45) is -0.281. The third-order valence-corrected chi connectivity index (χ3v) is 5.51. The van der Waals surface area contributed by atoms with Gasteiger partial charge in [-0.15, -0.1) is 0 Å². The Labute approximate surface area is 216 Å². The quantitative estimate of drug-likeness (QED) is 0.302. The maximum atomic E-state index is 15.7. The van der Waals surface area contributed by atoms with Gasteiger partial charge in [0, 0.05) is 32.2 Å². The van der Waals surface area contributed by atoms with E-state index in [1.165, 1.54) is 32.4 Å². The zero-order valence-electron chi connectivity index (χ0n) is 22.2. The minimum atomic E-state index is -1.06. The van der Waals surface area contributed by atoms with Crippen LogP contribution in [0, 0.1) is 23.5 Å². The average molecular weight is 522 g/mol. The number of nitrogens with zero attached hydrogens (tertiary/aromatic N) is 1. The third-order valence-electron chi connectivity index (χ3n) is 5.51. The van der Waals surface area contributed by atoms with Gasteiger partial charge >= 0.3 is 12.0 Å². The van der Waals surface area contributed by atoms with Crippen LogP contribution in [0.15, 0.2) is 30.3 Å². The number of benzene rings is 2. The van der Waals surface area contributed by atoms with E-state index in [2.05, 4.69) is 10.6 Å². The van der Waals surface area contributed by atoms with Crippen molar-refractivity contribution in [2.45, 2.75) is 40.0 Å². The Kier molecular flexibility index (Phi) is 11.1. The number of urea groups is 1. The van der Waals surface area contributed by atoms with Crippen LogP contribution in [0.1, 0.15) is 45.6 Å². The van der Waals surface area contributed by atoms with Gasteiger partial charge in [-0.05, 0) is 41.7 Å². The maximum Gasteiger partial charge on any atom is 0.323 e. The van der Waals surface area contributed by atoms with Gasteiger partial charge < -0.3 is 30.1 Å². The number of ether oxygens (including phenoxy) is 2. The van der Waals surface area contributed by atoms with Crippen LogP contribution in [0.25, 0.3) is 0 Å². The third kappa shape index (κ3) is 8.89. The molecule has 2 aromatic carbocycles. The van der Waals surface area contributed by atoms with Gasteiger partial charge in [-0.3, -0.25) is 4.79 Å². The van der Waals surface area contributed by atoms with Crippen molar-refractivity contribution in [1.29, 1.82) is 0 Å². The number of anilines is 3. The number of methoxy groups -OCH3 is 2. The minimum Gasteiger partial charge on any atom is -0.497 e. The van der Waals surface area contributed by atoms with E-state index in [1.54, 1.807) is 6.07 Å². The number of aliphatic carboxylic acids is 1. The molecule has 0 aliphatic carbocycles. The molecule has 0 saturated heterocycles. The second kappa shape index (κ2) is 13.8. The standard InChI is InChI=1S/C27H37F2N3O5/c1-16(2)13-32(14-17(3)4)26-22(29)9-18(19(15-36-5)11-25(33)34)10-24(26)31-27(35)30-23-8-7-20(37-6)12-21(23)28/h7-10,12,16-17,19H,11,13-15H2,1-6H3,(H,33,34)(H2,30,31,35). The minimum absolute atomic E-state index is 0.0511. The molecular weight excluding hydrogens is 484 g/mol. The summed E-state index contributed by atoms with van der Waals surface area (Å²) in [6, 6.07) is 6.06. The van der Waals surface area contributed by atoms with E-state index in [1.807, 2.05) is 32.6 Å². The normalized spacial score (nSPS) is 11.9. The molecule has 0 spiro atoms. The van der Waals surface area contributed by atoms with E-state index in [-0.39, 0.29) is 41.9 Å². The highest BCUT2D eigenvalue weighted by atomic mass is 19.1. The lowest BCUT2D eigenvalue weighted by molar-refractivity contribution is -0.137. The molecule has 1 unspecified atom stereocenters. The summed E-state index contributed by atoms with van der Waals surface area (Å²) in [6.45, 7) is 9.12. The molecule has 0 radical (unpaired) electrons. The second-order valence-corrected chi connectivity index (χ2v) is 9.77. The number of hydrogen-bond acceptors (Lipinski definition) is 5. The van der Waals surface area contributed by atoms with E-state index in [0.717, 1.165) is 6.07 Å². The Morgan fingerprint density at radius 2 is 1.57 bits per heavy atom. The molecule has 0 fully saturated rings. The molecule has 2 aromatic rings. The van der Waals surface area contributed by atoms with Crippen molar-refractivity contribution in [3.05, 3.63) is 47.5 Å². The fourth-order valence-corrected chi connectivity index (χ4v) is 4.10. The van der Waals surface area contributed by atoms with Gasteiger partial charge in [-0.25, -0.2) is 13.6 Å². The summed E-state index contributed by atoms with van der Waals surface area (Å²) in [5.74, 6) is -2.32. The Morgan fingerprint density at radius 3 is 2.08 bits per heavy atom. The van der Waals surface area contributed by atoms with Crippen molar-refractivity contribution >= 4 is 29.1 Å². The van der Waals surface area contributed by atoms with Gasteiger partial charge in [0.25, 0.3) is 0 Å². The molecule has 3 N–H and O–H groups in total. The highest BCUT2D eigenvalue weighted by Crippen LogP contribution is 2.36. The first kappa shape index (κ1) is 29.8. The number of nitrogens with one attached hydrogen (secondary N) is 2. The van der Waals surface area contributed by atoms with Crippen LogP contribution in [0.5, 0.6) is 5.75 Å². The van der Waals surface area contributed by atoms with Gasteiger partial charge in [-0.2, -0.15) is 0 Å². The number of rotatable bonds is 13. The van der Waals surface area contributed by atoms with Crippen molar-refractivity contribution in [2.75, 3.05) is 49.4 Å². The summed E-state index contributed by atoms with van der Waals surface area (Å²) in [5, 5.41) is 14.4. The predicted octanol–water partition coefficient (Wildman–Crippen LogP) is 5.94. The number of halogens is 2. The molecule has 0 heterocycles. The van der Waals surface area contributed by atoms with Crippen LogP contribution in [0.3, 0.4) is 0 Å². The first-order valence-corrected chi connectivity index (χ1v) is 12.2. The molecule has 37 heavy (non-hydrogen) atoms. The van der Waals surface area contributed by atoms with Crippen molar-refractivity contribution in [2.24, 2.45) is 11.8 Å². The molecular formula is C27H37F2N3O5. The number of amides is 2. The maximum absolute atomic E-state index is 15.7. The van der Waals surface area contributed by atoms with Gasteiger partial charge in [-0.1, -0.05) is 27.7 Å². The number of hydrogen-bond donors (Lipinski definition) is 3. The first-order chi connectivity index (χ1) is 17.4. The summed E-state index contributed by atoms with van der Waals surface area (Å²) in [4.78, 5) is 26.2. The van der Waals surface area contributed by atoms with Gasteiger partial charge in [0.15, 0.2) is 0 Å². The average Bonchev–Trinajstić information content (AvgIpc) is 2.78. The number of carboxylic acids is 1. The first-order valence-electron chi connectivity index (χ1n) is 12.2. The van der Waals surface area contributed by atoms with Crippen molar-refractivity contribution < 1.29 is 33.0 Å². The highest BCUT2D eigenvalue weighted by Gasteiger charge is 2.25. The fourth-order valence-electron chi connectivity index (χ4n) is 4.10. The van der Waals surface area contributed by atoms with Crippen LogP contribution in [-0.4, -0.2) is 51.0 Å². The largest absolute Gasteiger partial charge is 0.497 e. The molecule has 0 aliphatic rings. The summed E-state index contributed by atoms with van der Waals surface area (Å²) >= 11 is 0. The predicted molar refractivity (Wildman–Crippen MR) is 141 cm³/mol. The monoisotopic (exact) mass is 521 g/mol. The van der Waals surface area contributed by atoms with Crippen LogP contribution < -0.4 is 20.3 Å². The zero-order chi connectivity index (χ0) is 27.7. The molecule has 0 saturated carbocycles. The lowest BCUT2D eigenvalue weighted by atomic mass is 9.94. The Hall–Kier alpha value is -3.40. The van der Waals surface area contributed by atoms with Gasteiger partial charge in [0.2, 0.25) is 0 Å². The van der Waals surface area contributed by atoms with Gasteiger partial charge in [0.05, 0.1) is 37.2 Å². The topological polar surface area (TPSA) is 100 Å². The fraction of sp³-hybridized carbons (Fsp3) is 0.481. The van der Waals surface area contributed by atoms with E-state index in [0.29, 0.717) is 24.4 Å². The summed E-state index contributed by atoms with van der Waals surface area (Å²) in [5.41, 5.74) is 0.614. The van der Waals surface area contributed by atoms with Crippen LogP contribution in [-0.2, 0) is 9.53 Å². The number of carboxylic acid groups (broad SMARTS) is 1. The van der Waals surface area contributed by atoms with Crippen molar-refractivity contribution in [3.8, 4) is 5.75 Å². The van der Waals surface area contributed by atoms with Crippen molar-refractivity contribution in [1.82, 2.24) is 0 Å². The molecule has 2 amide bonds. The molecule has 10 heteroatoms. The van der Waals surface area contributed by atoms with E-state index >= 15 is 4.39 Å². The molecule has 2 rings (SSSR count).